The molecule has 0 radical (unpaired) electrons. The molecule has 1 saturated heterocycles. The molecule has 1 N–H and O–H groups in total. The second-order valence-electron chi connectivity index (χ2n) is 3.87. The van der Waals surface area contributed by atoms with Crippen LogP contribution >= 0.6 is 27.3 Å². The number of hydrogen-bond acceptors (Lipinski definition) is 5. The molecule has 1 aliphatic heterocycles. The van der Waals surface area contributed by atoms with Crippen molar-refractivity contribution in [1.29, 1.82) is 0 Å². The minimum absolute atomic E-state index is 0.640. The first-order valence-electron chi connectivity index (χ1n) is 5.19. The summed E-state index contributed by atoms with van der Waals surface area (Å²) in [7, 11) is 2.20. The Hall–Kier alpha value is -0.200. The van der Waals surface area contributed by atoms with Gasteiger partial charge in [0.15, 0.2) is 3.92 Å². The van der Waals surface area contributed by atoms with Crippen molar-refractivity contribution in [2.24, 2.45) is 0 Å². The number of hydrogen-bond donors (Lipinski definition) is 1. The predicted molar refractivity (Wildman–Crippen MR) is 66.4 cm³/mol. The average molecular weight is 291 g/mol. The van der Waals surface area contributed by atoms with Crippen LogP contribution in [-0.2, 0) is 0 Å². The Bertz CT molecular complexity index is 317. The van der Waals surface area contributed by atoms with Crippen LogP contribution in [0.25, 0.3) is 0 Å². The van der Waals surface area contributed by atoms with Crippen molar-refractivity contribution in [2.75, 3.05) is 25.5 Å². The fourth-order valence-corrected chi connectivity index (χ4v) is 2.90. The first-order chi connectivity index (χ1) is 7.25. The molecule has 0 aliphatic carbocycles. The van der Waals surface area contributed by atoms with Gasteiger partial charge in [0.1, 0.15) is 0 Å². The largest absolute Gasteiger partial charge is 0.358 e. The molecule has 0 amide bonds. The predicted octanol–water partition coefficient (Wildman–Crippen LogP) is 2.20. The monoisotopic (exact) mass is 290 g/mol. The van der Waals surface area contributed by atoms with Gasteiger partial charge in [-0.1, -0.05) is 17.8 Å². The van der Waals surface area contributed by atoms with Crippen molar-refractivity contribution in [3.8, 4) is 0 Å². The van der Waals surface area contributed by atoms with Gasteiger partial charge in [-0.05, 0) is 42.4 Å². The van der Waals surface area contributed by atoms with E-state index in [4.69, 9.17) is 0 Å². The molecular formula is C9H15BrN4S. The van der Waals surface area contributed by atoms with Crippen molar-refractivity contribution in [2.45, 2.75) is 25.3 Å². The van der Waals surface area contributed by atoms with E-state index in [9.17, 15) is 0 Å². The molecule has 1 atom stereocenters. The number of nitrogens with one attached hydrogen (secondary N) is 1. The molecule has 1 aromatic heterocycles. The number of nitrogens with zero attached hydrogens (tertiary/aromatic N) is 3. The molecule has 15 heavy (non-hydrogen) atoms. The Morgan fingerprint density at radius 3 is 3.07 bits per heavy atom. The van der Waals surface area contributed by atoms with E-state index in [1.807, 2.05) is 0 Å². The molecule has 84 valence electrons. The molecule has 0 bridgehead atoms. The molecule has 2 rings (SSSR count). The lowest BCUT2D eigenvalue weighted by Gasteiger charge is -2.32. The summed E-state index contributed by atoms with van der Waals surface area (Å²) in [6, 6.07) is 0.640. The van der Waals surface area contributed by atoms with Crippen molar-refractivity contribution < 1.29 is 0 Å². The number of rotatable bonds is 3. The van der Waals surface area contributed by atoms with E-state index in [1.54, 1.807) is 11.3 Å². The van der Waals surface area contributed by atoms with Gasteiger partial charge < -0.3 is 10.2 Å². The molecule has 2 heterocycles. The Kier molecular flexibility index (Phi) is 3.93. The van der Waals surface area contributed by atoms with E-state index >= 15 is 0 Å². The van der Waals surface area contributed by atoms with Crippen molar-refractivity contribution in [3.05, 3.63) is 3.92 Å². The van der Waals surface area contributed by atoms with E-state index in [0.717, 1.165) is 15.6 Å². The molecule has 0 aromatic carbocycles. The van der Waals surface area contributed by atoms with Crippen LogP contribution in [0.2, 0.25) is 0 Å². The van der Waals surface area contributed by atoms with Crippen LogP contribution in [0.5, 0.6) is 0 Å². The lowest BCUT2D eigenvalue weighted by molar-refractivity contribution is 0.194. The fourth-order valence-electron chi connectivity index (χ4n) is 1.88. The smallest absolute Gasteiger partial charge is 0.206 e. The molecule has 4 nitrogen and oxygen atoms in total. The lowest BCUT2D eigenvalue weighted by atomic mass is 10.0. The number of likely N-dealkylation sites (tertiary alicyclic amines) is 1. The SMILES string of the molecule is CN1CCCCC1CNc1nnc(Br)s1. The van der Waals surface area contributed by atoms with Gasteiger partial charge in [-0.3, -0.25) is 0 Å². The van der Waals surface area contributed by atoms with E-state index in [2.05, 4.69) is 43.4 Å². The highest BCUT2D eigenvalue weighted by Crippen LogP contribution is 2.21. The molecule has 1 aliphatic rings. The number of halogens is 1. The van der Waals surface area contributed by atoms with Gasteiger partial charge in [-0.2, -0.15) is 0 Å². The maximum atomic E-state index is 4.02. The summed E-state index contributed by atoms with van der Waals surface area (Å²) in [5.41, 5.74) is 0. The van der Waals surface area contributed by atoms with Gasteiger partial charge in [0.25, 0.3) is 0 Å². The molecule has 0 saturated carbocycles. The quantitative estimate of drug-likeness (QED) is 0.927. The normalized spacial score (nSPS) is 22.9. The number of piperidine rings is 1. The van der Waals surface area contributed by atoms with Gasteiger partial charge in [-0.25, -0.2) is 0 Å². The third kappa shape index (κ3) is 3.12. The summed E-state index contributed by atoms with van der Waals surface area (Å²) in [5.74, 6) is 0. The second-order valence-corrected chi connectivity index (χ2v) is 6.12. The molecule has 1 fully saturated rings. The highest BCUT2D eigenvalue weighted by molar-refractivity contribution is 9.11. The third-order valence-electron chi connectivity index (χ3n) is 2.81. The highest BCUT2D eigenvalue weighted by Gasteiger charge is 2.18. The second kappa shape index (κ2) is 5.23. The molecule has 6 heteroatoms. The van der Waals surface area contributed by atoms with Gasteiger partial charge in [0.2, 0.25) is 5.13 Å². The van der Waals surface area contributed by atoms with Crippen LogP contribution in [0.4, 0.5) is 5.13 Å². The van der Waals surface area contributed by atoms with Crippen LogP contribution in [0.15, 0.2) is 3.92 Å². The van der Waals surface area contributed by atoms with Crippen LogP contribution in [-0.4, -0.2) is 41.3 Å². The van der Waals surface area contributed by atoms with Crippen LogP contribution in [0.3, 0.4) is 0 Å². The molecule has 1 aromatic rings. The Morgan fingerprint density at radius 2 is 2.40 bits per heavy atom. The summed E-state index contributed by atoms with van der Waals surface area (Å²) in [5, 5.41) is 12.2. The first-order valence-corrected chi connectivity index (χ1v) is 6.80. The molecule has 1 unspecified atom stereocenters. The van der Waals surface area contributed by atoms with Gasteiger partial charge >= 0.3 is 0 Å². The standard InChI is InChI=1S/C9H15BrN4S/c1-14-5-3-2-4-7(14)6-11-9-13-12-8(10)15-9/h7H,2-6H2,1H3,(H,11,13). The van der Waals surface area contributed by atoms with E-state index < -0.39 is 0 Å². The Balaban J connectivity index is 1.81. The highest BCUT2D eigenvalue weighted by atomic mass is 79.9. The van der Waals surface area contributed by atoms with E-state index in [0.29, 0.717) is 6.04 Å². The number of likely N-dealkylation sites (N-methyl/N-ethyl adjacent to an activating group) is 1. The zero-order valence-corrected chi connectivity index (χ0v) is 11.1. The van der Waals surface area contributed by atoms with Gasteiger partial charge in [0, 0.05) is 12.6 Å². The van der Waals surface area contributed by atoms with Crippen LogP contribution in [0.1, 0.15) is 19.3 Å². The summed E-state index contributed by atoms with van der Waals surface area (Å²) in [4.78, 5) is 2.42. The Labute approximate surface area is 102 Å². The average Bonchev–Trinajstić information content (AvgIpc) is 2.63. The summed E-state index contributed by atoms with van der Waals surface area (Å²) in [6.45, 7) is 2.18. The maximum Gasteiger partial charge on any atom is 0.206 e. The molecule has 0 spiro atoms. The summed E-state index contributed by atoms with van der Waals surface area (Å²) >= 11 is 4.85. The zero-order valence-electron chi connectivity index (χ0n) is 8.74. The van der Waals surface area contributed by atoms with Gasteiger partial charge in [-0.15, -0.1) is 10.2 Å². The summed E-state index contributed by atoms with van der Waals surface area (Å²) < 4.78 is 0.835. The van der Waals surface area contributed by atoms with Crippen molar-refractivity contribution in [3.63, 3.8) is 0 Å². The Morgan fingerprint density at radius 1 is 1.53 bits per heavy atom. The minimum atomic E-state index is 0.640. The number of anilines is 1. The first kappa shape index (κ1) is 11.3. The number of aromatic nitrogens is 2. The summed E-state index contributed by atoms with van der Waals surface area (Å²) in [6.07, 6.45) is 3.96. The van der Waals surface area contributed by atoms with Crippen molar-refractivity contribution in [1.82, 2.24) is 15.1 Å². The molecular weight excluding hydrogens is 276 g/mol. The maximum absolute atomic E-state index is 4.02. The zero-order chi connectivity index (χ0) is 10.7. The third-order valence-corrected chi connectivity index (χ3v) is 4.12. The fraction of sp³-hybridized carbons (Fsp3) is 0.778. The lowest BCUT2D eigenvalue weighted by Crippen LogP contribution is -2.40. The van der Waals surface area contributed by atoms with E-state index in [1.165, 1.54) is 25.8 Å². The van der Waals surface area contributed by atoms with Gasteiger partial charge in [0.05, 0.1) is 0 Å². The minimum Gasteiger partial charge on any atom is -0.358 e. The van der Waals surface area contributed by atoms with Crippen LogP contribution < -0.4 is 5.32 Å². The van der Waals surface area contributed by atoms with E-state index in [-0.39, 0.29) is 0 Å². The van der Waals surface area contributed by atoms with Crippen LogP contribution in [0, 0.1) is 0 Å². The van der Waals surface area contributed by atoms with Crippen molar-refractivity contribution >= 4 is 32.4 Å². The topological polar surface area (TPSA) is 41.0 Å².